The molecule has 1 rings (SSSR count). The lowest BCUT2D eigenvalue weighted by Gasteiger charge is -2.03. The fourth-order valence-corrected chi connectivity index (χ4v) is 1.43. The van der Waals surface area contributed by atoms with E-state index in [1.54, 1.807) is 6.20 Å². The minimum Gasteiger partial charge on any atom is -0.469 e. The highest BCUT2D eigenvalue weighted by atomic mass is 79.9. The van der Waals surface area contributed by atoms with Crippen LogP contribution in [-0.2, 0) is 16.0 Å². The van der Waals surface area contributed by atoms with Gasteiger partial charge in [0.15, 0.2) is 0 Å². The Labute approximate surface area is 89.6 Å². The van der Waals surface area contributed by atoms with Crippen LogP contribution in [0.2, 0.25) is 0 Å². The summed E-state index contributed by atoms with van der Waals surface area (Å²) in [6, 6.07) is 1.97. The van der Waals surface area contributed by atoms with Crippen LogP contribution in [0.25, 0.3) is 0 Å². The number of rotatable bonds is 2. The third kappa shape index (κ3) is 2.30. The lowest BCUT2D eigenvalue weighted by molar-refractivity contribution is -0.139. The number of methoxy groups -OCH3 is 1. The van der Waals surface area contributed by atoms with Gasteiger partial charge in [-0.15, -0.1) is 0 Å². The Hall–Kier alpha value is -1.41. The zero-order valence-electron chi connectivity index (χ0n) is 7.45. The van der Waals surface area contributed by atoms with Gasteiger partial charge in [0.25, 0.3) is 0 Å². The molecule has 0 saturated heterocycles. The highest BCUT2D eigenvalue weighted by Gasteiger charge is 2.11. The highest BCUT2D eigenvalue weighted by Crippen LogP contribution is 2.19. The summed E-state index contributed by atoms with van der Waals surface area (Å²) in [5.41, 5.74) is 0.985. The molecule has 0 aliphatic rings. The molecule has 0 N–H and O–H groups in total. The van der Waals surface area contributed by atoms with E-state index in [4.69, 9.17) is 5.26 Å². The molecule has 4 nitrogen and oxygen atoms in total. The smallest absolute Gasteiger partial charge is 0.310 e. The van der Waals surface area contributed by atoms with Gasteiger partial charge in [0, 0.05) is 16.9 Å². The first kappa shape index (κ1) is 10.7. The summed E-state index contributed by atoms with van der Waals surface area (Å²) in [4.78, 5) is 14.9. The van der Waals surface area contributed by atoms with Gasteiger partial charge in [0.1, 0.15) is 6.07 Å². The molecule has 0 spiro atoms. The fraction of sp³-hybridized carbons (Fsp3) is 0.222. The largest absolute Gasteiger partial charge is 0.469 e. The molecule has 0 radical (unpaired) electrons. The molecule has 1 aromatic heterocycles. The maximum atomic E-state index is 11.0. The van der Waals surface area contributed by atoms with Gasteiger partial charge in [-0.2, -0.15) is 5.26 Å². The molecule has 72 valence electrons. The third-order valence-electron chi connectivity index (χ3n) is 1.67. The second-order valence-electron chi connectivity index (χ2n) is 2.51. The summed E-state index contributed by atoms with van der Waals surface area (Å²) in [6.45, 7) is 0. The molecule has 0 fully saturated rings. The van der Waals surface area contributed by atoms with Gasteiger partial charge in [0.05, 0.1) is 19.1 Å². The van der Waals surface area contributed by atoms with E-state index in [1.165, 1.54) is 13.3 Å². The van der Waals surface area contributed by atoms with Gasteiger partial charge in [-0.1, -0.05) is 0 Å². The van der Waals surface area contributed by atoms with Crippen molar-refractivity contribution in [2.45, 2.75) is 6.42 Å². The predicted octanol–water partition coefficient (Wildman–Crippen LogP) is 1.43. The molecule has 14 heavy (non-hydrogen) atoms. The third-order valence-corrected chi connectivity index (χ3v) is 2.36. The van der Waals surface area contributed by atoms with Crippen LogP contribution in [0.3, 0.4) is 0 Å². The zero-order chi connectivity index (χ0) is 10.6. The topological polar surface area (TPSA) is 63.0 Å². The minimum atomic E-state index is -0.381. The first-order chi connectivity index (χ1) is 6.69. The number of halogens is 1. The molecule has 0 amide bonds. The quantitative estimate of drug-likeness (QED) is 0.750. The summed E-state index contributed by atoms with van der Waals surface area (Å²) < 4.78 is 5.16. The second kappa shape index (κ2) is 4.72. The monoisotopic (exact) mass is 254 g/mol. The maximum absolute atomic E-state index is 11.0. The van der Waals surface area contributed by atoms with Crippen molar-refractivity contribution >= 4 is 21.9 Å². The molecule has 0 bridgehead atoms. The zero-order valence-corrected chi connectivity index (χ0v) is 9.04. The van der Waals surface area contributed by atoms with Gasteiger partial charge in [-0.25, -0.2) is 0 Å². The van der Waals surface area contributed by atoms with Crippen molar-refractivity contribution in [2.75, 3.05) is 7.11 Å². The number of nitrogens with zero attached hydrogens (tertiary/aromatic N) is 2. The Balaban J connectivity index is 3.06. The molecule has 1 heterocycles. The van der Waals surface area contributed by atoms with Crippen LogP contribution in [0.15, 0.2) is 16.9 Å². The number of hydrogen-bond donors (Lipinski definition) is 0. The second-order valence-corrected chi connectivity index (χ2v) is 3.37. The van der Waals surface area contributed by atoms with E-state index in [9.17, 15) is 4.79 Å². The Kier molecular flexibility index (Phi) is 3.60. The maximum Gasteiger partial charge on any atom is 0.310 e. The van der Waals surface area contributed by atoms with Crippen LogP contribution in [-0.4, -0.2) is 18.1 Å². The van der Waals surface area contributed by atoms with Crippen LogP contribution in [0, 0.1) is 11.3 Å². The average molecular weight is 255 g/mol. The van der Waals surface area contributed by atoms with E-state index in [1.807, 2.05) is 6.07 Å². The molecule has 0 aliphatic carbocycles. The fourth-order valence-electron chi connectivity index (χ4n) is 0.954. The van der Waals surface area contributed by atoms with Crippen LogP contribution in [0.1, 0.15) is 11.1 Å². The molecule has 5 heteroatoms. The molecular formula is C9H7BrN2O2. The van der Waals surface area contributed by atoms with Gasteiger partial charge in [-0.05, 0) is 21.5 Å². The van der Waals surface area contributed by atoms with Crippen LogP contribution in [0.4, 0.5) is 0 Å². The van der Waals surface area contributed by atoms with Crippen molar-refractivity contribution < 1.29 is 9.53 Å². The summed E-state index contributed by atoms with van der Waals surface area (Å²) in [5.74, 6) is -0.381. The normalized spacial score (nSPS) is 9.21. The van der Waals surface area contributed by atoms with Gasteiger partial charge >= 0.3 is 5.97 Å². The lowest BCUT2D eigenvalue weighted by Crippen LogP contribution is -2.07. The Morgan fingerprint density at radius 1 is 1.71 bits per heavy atom. The molecule has 0 unspecified atom stereocenters. The number of aromatic nitrogens is 1. The van der Waals surface area contributed by atoms with Crippen LogP contribution in [0.5, 0.6) is 0 Å². The van der Waals surface area contributed by atoms with Crippen molar-refractivity contribution in [3.63, 3.8) is 0 Å². The Morgan fingerprint density at radius 2 is 2.43 bits per heavy atom. The average Bonchev–Trinajstić information content (AvgIpc) is 2.20. The molecule has 1 aromatic rings. The standard InChI is InChI=1S/C9H7BrN2O2/c1-14-9(13)2-7-6(3-11)4-12-5-8(7)10/h4-5H,2H2,1H3. The Morgan fingerprint density at radius 3 is 3.00 bits per heavy atom. The van der Waals surface area contributed by atoms with Crippen LogP contribution < -0.4 is 0 Å². The number of ether oxygens (including phenoxy) is 1. The number of hydrogen-bond acceptors (Lipinski definition) is 4. The Bertz CT molecular complexity index is 398. The first-order valence-corrected chi connectivity index (χ1v) is 4.57. The highest BCUT2D eigenvalue weighted by molar-refractivity contribution is 9.10. The molecule has 0 saturated carbocycles. The van der Waals surface area contributed by atoms with E-state index in [0.29, 0.717) is 15.6 Å². The number of esters is 1. The first-order valence-electron chi connectivity index (χ1n) is 3.78. The molecule has 0 atom stereocenters. The van der Waals surface area contributed by atoms with Crippen molar-refractivity contribution in [1.82, 2.24) is 4.98 Å². The molecule has 0 aliphatic heterocycles. The van der Waals surface area contributed by atoms with Crippen molar-refractivity contribution in [3.8, 4) is 6.07 Å². The van der Waals surface area contributed by atoms with E-state index in [2.05, 4.69) is 25.7 Å². The summed E-state index contributed by atoms with van der Waals surface area (Å²) in [7, 11) is 1.31. The van der Waals surface area contributed by atoms with E-state index >= 15 is 0 Å². The number of carbonyl (C=O) groups is 1. The molecular weight excluding hydrogens is 248 g/mol. The van der Waals surface area contributed by atoms with Gasteiger partial charge in [-0.3, -0.25) is 9.78 Å². The van der Waals surface area contributed by atoms with Crippen LogP contribution >= 0.6 is 15.9 Å². The van der Waals surface area contributed by atoms with Crippen molar-refractivity contribution in [3.05, 3.63) is 28.0 Å². The predicted molar refractivity (Wildman–Crippen MR) is 52.4 cm³/mol. The lowest BCUT2D eigenvalue weighted by atomic mass is 10.1. The summed E-state index contributed by atoms with van der Waals surface area (Å²) in [5, 5.41) is 8.77. The summed E-state index contributed by atoms with van der Waals surface area (Å²) in [6.07, 6.45) is 3.03. The summed E-state index contributed by atoms with van der Waals surface area (Å²) >= 11 is 3.22. The SMILES string of the molecule is COC(=O)Cc1c(Br)cncc1C#N. The van der Waals surface area contributed by atoms with E-state index < -0.39 is 0 Å². The molecule has 0 aromatic carbocycles. The van der Waals surface area contributed by atoms with Crippen molar-refractivity contribution in [1.29, 1.82) is 5.26 Å². The van der Waals surface area contributed by atoms with E-state index in [0.717, 1.165) is 0 Å². The van der Waals surface area contributed by atoms with E-state index in [-0.39, 0.29) is 12.4 Å². The van der Waals surface area contributed by atoms with Gasteiger partial charge in [0.2, 0.25) is 0 Å². The number of carbonyl (C=O) groups excluding carboxylic acids is 1. The van der Waals surface area contributed by atoms with Gasteiger partial charge < -0.3 is 4.74 Å². The number of nitriles is 1. The minimum absolute atomic E-state index is 0.0719. The van der Waals surface area contributed by atoms with Crippen molar-refractivity contribution in [2.24, 2.45) is 0 Å². The number of pyridine rings is 1.